The van der Waals surface area contributed by atoms with Crippen LogP contribution >= 0.6 is 0 Å². The zero-order chi connectivity index (χ0) is 13.7. The Morgan fingerprint density at radius 1 is 1.53 bits per heavy atom. The second-order valence-electron chi connectivity index (χ2n) is 4.76. The number of carbonyl (C=O) groups excluding carboxylic acids is 1. The summed E-state index contributed by atoms with van der Waals surface area (Å²) in [6.45, 7) is 5.25. The average Bonchev–Trinajstić information content (AvgIpc) is 2.42. The van der Waals surface area contributed by atoms with Gasteiger partial charge in [-0.1, -0.05) is 0 Å². The van der Waals surface area contributed by atoms with E-state index in [4.69, 9.17) is 5.26 Å². The van der Waals surface area contributed by atoms with Crippen LogP contribution in [0, 0.1) is 11.3 Å². The Bertz CT molecular complexity index is 477. The number of nitrogens with one attached hydrogen (secondary N) is 2. The number of carbonyl (C=O) groups is 1. The Morgan fingerprint density at radius 2 is 2.26 bits per heavy atom. The molecule has 0 radical (unpaired) electrons. The fourth-order valence-electron chi connectivity index (χ4n) is 2.13. The highest BCUT2D eigenvalue weighted by Gasteiger charge is 2.20. The zero-order valence-corrected chi connectivity index (χ0v) is 11.0. The molecule has 19 heavy (non-hydrogen) atoms. The molecule has 1 amide bonds. The van der Waals surface area contributed by atoms with Gasteiger partial charge in [-0.25, -0.2) is 0 Å². The normalized spacial score (nSPS) is 19.7. The van der Waals surface area contributed by atoms with Gasteiger partial charge in [0.2, 0.25) is 5.91 Å². The molecule has 2 N–H and O–H groups in total. The van der Waals surface area contributed by atoms with Gasteiger partial charge >= 0.3 is 0 Å². The number of nitrogens with zero attached hydrogens (tertiary/aromatic N) is 2. The standard InChI is InChI=1S/C14H18N4O/c1-11-9-16-6-7-18(11)10-14(19)17-13-4-2-12(8-15)3-5-13/h2-5,11,16H,6-7,9-10H2,1H3,(H,17,19). The van der Waals surface area contributed by atoms with E-state index in [0.717, 1.165) is 25.3 Å². The number of nitriles is 1. The van der Waals surface area contributed by atoms with Gasteiger partial charge < -0.3 is 10.6 Å². The van der Waals surface area contributed by atoms with Crippen LogP contribution in [-0.4, -0.2) is 43.0 Å². The maximum atomic E-state index is 11.9. The second-order valence-corrected chi connectivity index (χ2v) is 4.76. The smallest absolute Gasteiger partial charge is 0.238 e. The predicted molar refractivity (Wildman–Crippen MR) is 73.7 cm³/mol. The fraction of sp³-hybridized carbons (Fsp3) is 0.429. The van der Waals surface area contributed by atoms with Crippen molar-refractivity contribution in [3.05, 3.63) is 29.8 Å². The SMILES string of the molecule is CC1CNCCN1CC(=O)Nc1ccc(C#N)cc1. The van der Waals surface area contributed by atoms with Crippen LogP contribution in [0.25, 0.3) is 0 Å². The van der Waals surface area contributed by atoms with Gasteiger partial charge in [0.05, 0.1) is 18.2 Å². The molecule has 1 aromatic rings. The monoisotopic (exact) mass is 258 g/mol. The lowest BCUT2D eigenvalue weighted by atomic mass is 10.2. The first-order valence-electron chi connectivity index (χ1n) is 6.44. The number of hydrogen-bond acceptors (Lipinski definition) is 4. The molecule has 1 unspecified atom stereocenters. The van der Waals surface area contributed by atoms with E-state index in [1.54, 1.807) is 24.3 Å². The van der Waals surface area contributed by atoms with Crippen LogP contribution in [0.2, 0.25) is 0 Å². The summed E-state index contributed by atoms with van der Waals surface area (Å²) in [4.78, 5) is 14.1. The number of benzene rings is 1. The number of piperazine rings is 1. The lowest BCUT2D eigenvalue weighted by Crippen LogP contribution is -2.51. The van der Waals surface area contributed by atoms with Crippen LogP contribution in [0.1, 0.15) is 12.5 Å². The molecule has 0 aromatic heterocycles. The lowest BCUT2D eigenvalue weighted by molar-refractivity contribution is -0.118. The molecule has 0 saturated carbocycles. The van der Waals surface area contributed by atoms with Gasteiger partial charge in [-0.05, 0) is 31.2 Å². The molecule has 0 aliphatic carbocycles. The van der Waals surface area contributed by atoms with E-state index in [1.807, 2.05) is 0 Å². The van der Waals surface area contributed by atoms with Gasteiger partial charge in [-0.3, -0.25) is 9.69 Å². The van der Waals surface area contributed by atoms with Crippen molar-refractivity contribution >= 4 is 11.6 Å². The third-order valence-electron chi connectivity index (χ3n) is 3.28. The van der Waals surface area contributed by atoms with Gasteiger partial charge in [0.25, 0.3) is 0 Å². The first-order chi connectivity index (χ1) is 9.19. The van der Waals surface area contributed by atoms with Gasteiger partial charge in [0.15, 0.2) is 0 Å². The third-order valence-corrected chi connectivity index (χ3v) is 3.28. The number of amides is 1. The van der Waals surface area contributed by atoms with Crippen molar-refractivity contribution in [1.82, 2.24) is 10.2 Å². The Labute approximate surface area is 113 Å². The van der Waals surface area contributed by atoms with E-state index in [0.29, 0.717) is 18.2 Å². The molecule has 1 heterocycles. The van der Waals surface area contributed by atoms with E-state index in [9.17, 15) is 4.79 Å². The quantitative estimate of drug-likeness (QED) is 0.841. The molecule has 2 rings (SSSR count). The van der Waals surface area contributed by atoms with Crippen LogP contribution in [0.5, 0.6) is 0 Å². The molecule has 1 atom stereocenters. The highest BCUT2D eigenvalue weighted by Crippen LogP contribution is 2.09. The van der Waals surface area contributed by atoms with Crippen LogP contribution < -0.4 is 10.6 Å². The van der Waals surface area contributed by atoms with Crippen LogP contribution in [0.15, 0.2) is 24.3 Å². The fourth-order valence-corrected chi connectivity index (χ4v) is 2.13. The van der Waals surface area contributed by atoms with E-state index in [-0.39, 0.29) is 5.91 Å². The number of rotatable bonds is 3. The summed E-state index contributed by atoms with van der Waals surface area (Å²) in [5.41, 5.74) is 1.32. The second kappa shape index (κ2) is 6.32. The Hall–Kier alpha value is -1.90. The van der Waals surface area contributed by atoms with Crippen LogP contribution in [0.4, 0.5) is 5.69 Å². The molecule has 1 aliphatic heterocycles. The maximum absolute atomic E-state index is 11.9. The van der Waals surface area contributed by atoms with Gasteiger partial charge in [-0.15, -0.1) is 0 Å². The van der Waals surface area contributed by atoms with Crippen LogP contribution in [0.3, 0.4) is 0 Å². The van der Waals surface area contributed by atoms with Crippen molar-refractivity contribution in [1.29, 1.82) is 5.26 Å². The first-order valence-corrected chi connectivity index (χ1v) is 6.44. The summed E-state index contributed by atoms with van der Waals surface area (Å²) >= 11 is 0. The molecule has 0 bridgehead atoms. The molecule has 5 heteroatoms. The summed E-state index contributed by atoms with van der Waals surface area (Å²) in [5.74, 6) is -0.0153. The van der Waals surface area contributed by atoms with Gasteiger partial charge in [0, 0.05) is 31.4 Å². The van der Waals surface area contributed by atoms with Gasteiger partial charge in [0.1, 0.15) is 0 Å². The van der Waals surface area contributed by atoms with Gasteiger partial charge in [-0.2, -0.15) is 5.26 Å². The predicted octanol–water partition coefficient (Wildman–Crippen LogP) is 0.790. The zero-order valence-electron chi connectivity index (χ0n) is 11.0. The molecule has 1 aromatic carbocycles. The summed E-state index contributed by atoms with van der Waals surface area (Å²) in [6.07, 6.45) is 0. The van der Waals surface area contributed by atoms with E-state index >= 15 is 0 Å². The number of hydrogen-bond donors (Lipinski definition) is 2. The maximum Gasteiger partial charge on any atom is 0.238 e. The minimum Gasteiger partial charge on any atom is -0.325 e. The lowest BCUT2D eigenvalue weighted by Gasteiger charge is -2.33. The highest BCUT2D eigenvalue weighted by molar-refractivity contribution is 5.92. The Kier molecular flexibility index (Phi) is 4.50. The van der Waals surface area contributed by atoms with Crippen molar-refractivity contribution in [2.45, 2.75) is 13.0 Å². The van der Waals surface area contributed by atoms with Crippen molar-refractivity contribution in [3.63, 3.8) is 0 Å². The molecule has 1 fully saturated rings. The number of anilines is 1. The molecule has 1 aliphatic rings. The van der Waals surface area contributed by atoms with Crippen molar-refractivity contribution in [3.8, 4) is 6.07 Å². The first kappa shape index (κ1) is 13.5. The van der Waals surface area contributed by atoms with E-state index < -0.39 is 0 Å². The molecule has 0 spiro atoms. The molecule has 1 saturated heterocycles. The highest BCUT2D eigenvalue weighted by atomic mass is 16.2. The molecular formula is C14H18N4O. The van der Waals surface area contributed by atoms with Crippen LogP contribution in [-0.2, 0) is 4.79 Å². The largest absolute Gasteiger partial charge is 0.325 e. The third kappa shape index (κ3) is 3.78. The van der Waals surface area contributed by atoms with Crippen molar-refractivity contribution in [2.24, 2.45) is 0 Å². The summed E-state index contributed by atoms with van der Waals surface area (Å²) in [5, 5.41) is 14.9. The molecular weight excluding hydrogens is 240 g/mol. The summed E-state index contributed by atoms with van der Waals surface area (Å²) < 4.78 is 0. The topological polar surface area (TPSA) is 68.2 Å². The summed E-state index contributed by atoms with van der Waals surface area (Å²) in [7, 11) is 0. The molecule has 5 nitrogen and oxygen atoms in total. The Balaban J connectivity index is 1.88. The average molecular weight is 258 g/mol. The van der Waals surface area contributed by atoms with Crippen molar-refractivity contribution in [2.75, 3.05) is 31.5 Å². The Morgan fingerprint density at radius 3 is 2.89 bits per heavy atom. The van der Waals surface area contributed by atoms with E-state index in [1.165, 1.54) is 0 Å². The molecule has 100 valence electrons. The van der Waals surface area contributed by atoms with Crippen molar-refractivity contribution < 1.29 is 4.79 Å². The minimum absolute atomic E-state index is 0.0153. The van der Waals surface area contributed by atoms with E-state index in [2.05, 4.69) is 28.5 Å². The summed E-state index contributed by atoms with van der Waals surface area (Å²) in [6, 6.07) is 9.32. The minimum atomic E-state index is -0.0153.